The van der Waals surface area contributed by atoms with Crippen LogP contribution in [0.3, 0.4) is 0 Å². The molecule has 6 heteroatoms. The third kappa shape index (κ3) is 22.4. The molecule has 43 heavy (non-hydrogen) atoms. The summed E-state index contributed by atoms with van der Waals surface area (Å²) in [6.07, 6.45) is 27.8. The van der Waals surface area contributed by atoms with Gasteiger partial charge in [-0.1, -0.05) is 124 Å². The molecule has 1 aliphatic heterocycles. The summed E-state index contributed by atoms with van der Waals surface area (Å²) in [7, 11) is 2.18. The zero-order valence-electron chi connectivity index (χ0n) is 29.0. The van der Waals surface area contributed by atoms with E-state index in [0.29, 0.717) is 18.3 Å². The van der Waals surface area contributed by atoms with Crippen molar-refractivity contribution in [1.29, 1.82) is 0 Å². The van der Waals surface area contributed by atoms with Gasteiger partial charge in [0.15, 0.2) is 0 Å². The molecular formula is C37H71NO4S. The number of hydrogen-bond donors (Lipinski definition) is 0. The first-order valence-electron chi connectivity index (χ1n) is 18.7. The molecule has 0 aromatic heterocycles. The smallest absolute Gasteiger partial charge is 0.310 e. The molecule has 0 spiro atoms. The van der Waals surface area contributed by atoms with E-state index < -0.39 is 0 Å². The number of carbonyl (C=O) groups is 2. The van der Waals surface area contributed by atoms with Gasteiger partial charge >= 0.3 is 11.9 Å². The fourth-order valence-electron chi connectivity index (χ4n) is 6.08. The van der Waals surface area contributed by atoms with Crippen molar-refractivity contribution in [2.24, 2.45) is 5.92 Å². The highest BCUT2D eigenvalue weighted by molar-refractivity contribution is 7.99. The molecule has 0 saturated carbocycles. The fraction of sp³-hybridized carbons (Fsp3) is 0.946. The van der Waals surface area contributed by atoms with Gasteiger partial charge in [-0.15, -0.1) is 0 Å². The molecule has 1 saturated heterocycles. The standard InChI is InChI=1S/C37H71NO4S/c1-5-8-11-13-17-20-24-31-43-35-32-38(4)29-28-34(35)37(40)41-30-23-19-16-14-15-18-22-27-36(39)42-33(25-10-7-3)26-21-12-9-6-2/h33-35H,5-32H2,1-4H3. The summed E-state index contributed by atoms with van der Waals surface area (Å²) in [5.74, 6) is 1.26. The number of esters is 2. The van der Waals surface area contributed by atoms with Crippen molar-refractivity contribution < 1.29 is 19.1 Å². The molecule has 0 aliphatic carbocycles. The Kier molecular flexibility index (Phi) is 26.9. The van der Waals surface area contributed by atoms with Gasteiger partial charge < -0.3 is 14.4 Å². The molecule has 5 nitrogen and oxygen atoms in total. The minimum atomic E-state index is 0.00136. The fourth-order valence-corrected chi connectivity index (χ4v) is 7.59. The van der Waals surface area contributed by atoms with Crippen LogP contribution in [-0.2, 0) is 19.1 Å². The van der Waals surface area contributed by atoms with Gasteiger partial charge in [-0.05, 0) is 64.3 Å². The molecule has 1 aliphatic rings. The van der Waals surface area contributed by atoms with Crippen molar-refractivity contribution >= 4 is 23.7 Å². The number of thioether (sulfide) groups is 1. The van der Waals surface area contributed by atoms with Crippen molar-refractivity contribution in [3.8, 4) is 0 Å². The normalized spacial score (nSPS) is 18.0. The van der Waals surface area contributed by atoms with Gasteiger partial charge in [0.2, 0.25) is 0 Å². The summed E-state index contributed by atoms with van der Waals surface area (Å²) in [6, 6.07) is 0. The van der Waals surface area contributed by atoms with E-state index in [1.54, 1.807) is 0 Å². The van der Waals surface area contributed by atoms with E-state index in [2.05, 4.69) is 32.7 Å². The van der Waals surface area contributed by atoms with E-state index in [9.17, 15) is 9.59 Å². The lowest BCUT2D eigenvalue weighted by molar-refractivity contribution is -0.150. The maximum absolute atomic E-state index is 12.9. The van der Waals surface area contributed by atoms with E-state index in [1.807, 2.05) is 11.8 Å². The number of piperidine rings is 1. The van der Waals surface area contributed by atoms with E-state index >= 15 is 0 Å². The average molecular weight is 626 g/mol. The van der Waals surface area contributed by atoms with Crippen molar-refractivity contribution in [3.63, 3.8) is 0 Å². The first-order chi connectivity index (χ1) is 21.0. The number of ether oxygens (including phenoxy) is 2. The highest BCUT2D eigenvalue weighted by Crippen LogP contribution is 2.30. The van der Waals surface area contributed by atoms with Gasteiger partial charge in [-0.25, -0.2) is 0 Å². The van der Waals surface area contributed by atoms with Crippen LogP contribution in [0.15, 0.2) is 0 Å². The Morgan fingerprint density at radius 2 is 1.28 bits per heavy atom. The van der Waals surface area contributed by atoms with Crippen LogP contribution in [0.1, 0.15) is 175 Å². The highest BCUT2D eigenvalue weighted by atomic mass is 32.2. The molecule has 0 N–H and O–H groups in total. The first-order valence-corrected chi connectivity index (χ1v) is 19.7. The largest absolute Gasteiger partial charge is 0.465 e. The monoisotopic (exact) mass is 626 g/mol. The Morgan fingerprint density at radius 3 is 1.95 bits per heavy atom. The van der Waals surface area contributed by atoms with Crippen molar-refractivity contribution in [2.45, 2.75) is 186 Å². The van der Waals surface area contributed by atoms with Crippen molar-refractivity contribution in [1.82, 2.24) is 4.90 Å². The molecule has 3 unspecified atom stereocenters. The molecule has 1 rings (SSSR count). The maximum atomic E-state index is 12.9. The number of unbranched alkanes of at least 4 members (excludes halogenated alkanes) is 16. The quantitative estimate of drug-likeness (QED) is 0.0609. The Labute approximate surface area is 271 Å². The molecule has 3 atom stereocenters. The molecule has 0 aromatic rings. The van der Waals surface area contributed by atoms with Crippen molar-refractivity contribution in [3.05, 3.63) is 0 Å². The van der Waals surface area contributed by atoms with Crippen LogP contribution < -0.4 is 0 Å². The summed E-state index contributed by atoms with van der Waals surface area (Å²) in [5.41, 5.74) is 0. The topological polar surface area (TPSA) is 55.8 Å². The van der Waals surface area contributed by atoms with Gasteiger partial charge in [0.25, 0.3) is 0 Å². The average Bonchev–Trinajstić information content (AvgIpc) is 3.00. The van der Waals surface area contributed by atoms with Crippen molar-refractivity contribution in [2.75, 3.05) is 32.5 Å². The molecular weight excluding hydrogens is 554 g/mol. The van der Waals surface area contributed by atoms with Gasteiger partial charge in [-0.3, -0.25) is 9.59 Å². The Morgan fingerprint density at radius 1 is 0.721 bits per heavy atom. The van der Waals surface area contributed by atoms with E-state index in [0.717, 1.165) is 83.1 Å². The molecule has 0 amide bonds. The van der Waals surface area contributed by atoms with E-state index in [4.69, 9.17) is 9.47 Å². The van der Waals surface area contributed by atoms with Crippen LogP contribution in [0.4, 0.5) is 0 Å². The third-order valence-electron chi connectivity index (χ3n) is 8.97. The molecule has 1 heterocycles. The lowest BCUT2D eigenvalue weighted by atomic mass is 9.97. The second-order valence-electron chi connectivity index (χ2n) is 13.2. The van der Waals surface area contributed by atoms with Crippen LogP contribution >= 0.6 is 11.8 Å². The number of carbonyl (C=O) groups excluding carboxylic acids is 2. The lowest BCUT2D eigenvalue weighted by Crippen LogP contribution is -2.44. The van der Waals surface area contributed by atoms with Crippen LogP contribution in [0.5, 0.6) is 0 Å². The number of rotatable bonds is 29. The molecule has 0 bridgehead atoms. The number of likely N-dealkylation sites (tertiary alicyclic amines) is 1. The molecule has 254 valence electrons. The zero-order chi connectivity index (χ0) is 31.4. The predicted molar refractivity (Wildman–Crippen MR) is 186 cm³/mol. The zero-order valence-corrected chi connectivity index (χ0v) is 29.8. The summed E-state index contributed by atoms with van der Waals surface area (Å²) in [5, 5.41) is 0.372. The van der Waals surface area contributed by atoms with Gasteiger partial charge in [0, 0.05) is 18.2 Å². The summed E-state index contributed by atoms with van der Waals surface area (Å²) >= 11 is 2.00. The van der Waals surface area contributed by atoms with E-state index in [-0.39, 0.29) is 24.0 Å². The second-order valence-corrected chi connectivity index (χ2v) is 14.5. The minimum Gasteiger partial charge on any atom is -0.465 e. The number of nitrogens with zero attached hydrogens (tertiary/aromatic N) is 1. The SMILES string of the molecule is CCCCCCCCCSC1CN(C)CCC1C(=O)OCCCCCCCCCC(=O)OC(CCCC)CCCCCC. The summed E-state index contributed by atoms with van der Waals surface area (Å²) < 4.78 is 11.6. The van der Waals surface area contributed by atoms with Gasteiger partial charge in [0.05, 0.1) is 12.5 Å². The predicted octanol–water partition coefficient (Wildman–Crippen LogP) is 10.5. The minimum absolute atomic E-state index is 0.00136. The maximum Gasteiger partial charge on any atom is 0.310 e. The molecule has 0 aromatic carbocycles. The lowest BCUT2D eigenvalue weighted by Gasteiger charge is -2.35. The molecule has 1 fully saturated rings. The molecule has 0 radical (unpaired) electrons. The Bertz CT molecular complexity index is 661. The van der Waals surface area contributed by atoms with E-state index in [1.165, 1.54) is 83.5 Å². The first kappa shape index (κ1) is 40.3. The van der Waals surface area contributed by atoms with Crippen LogP contribution in [0, 0.1) is 5.92 Å². The summed E-state index contributed by atoms with van der Waals surface area (Å²) in [4.78, 5) is 27.7. The third-order valence-corrected chi connectivity index (χ3v) is 10.4. The van der Waals surface area contributed by atoms with Crippen LogP contribution in [0.25, 0.3) is 0 Å². The van der Waals surface area contributed by atoms with Gasteiger partial charge in [-0.2, -0.15) is 11.8 Å². The number of hydrogen-bond acceptors (Lipinski definition) is 6. The van der Waals surface area contributed by atoms with Gasteiger partial charge in [0.1, 0.15) is 6.10 Å². The Hall–Kier alpha value is -0.750. The van der Waals surface area contributed by atoms with Crippen LogP contribution in [-0.4, -0.2) is 60.7 Å². The Balaban J connectivity index is 2.10. The summed E-state index contributed by atoms with van der Waals surface area (Å²) in [6.45, 7) is 9.25. The second kappa shape index (κ2) is 28.7. The van der Waals surface area contributed by atoms with Crippen LogP contribution in [0.2, 0.25) is 0 Å². The highest BCUT2D eigenvalue weighted by Gasteiger charge is 2.34.